The van der Waals surface area contributed by atoms with E-state index in [0.29, 0.717) is 25.7 Å². The number of phosphoric ester groups is 2. The van der Waals surface area contributed by atoms with Crippen LogP contribution >= 0.6 is 15.6 Å². The first kappa shape index (κ1) is 110. The van der Waals surface area contributed by atoms with Gasteiger partial charge in [0.05, 0.1) is 26.4 Å². The zero-order chi connectivity index (χ0) is 81.7. The minimum Gasteiger partial charge on any atom is -0.462 e. The van der Waals surface area contributed by atoms with E-state index in [1.807, 2.05) is 0 Å². The van der Waals surface area contributed by atoms with E-state index in [-0.39, 0.29) is 25.7 Å². The highest BCUT2D eigenvalue weighted by atomic mass is 31.2. The molecule has 0 bridgehead atoms. The smallest absolute Gasteiger partial charge is 0.462 e. The maximum atomic E-state index is 13.2. The van der Waals surface area contributed by atoms with Crippen molar-refractivity contribution >= 4 is 39.5 Å². The lowest BCUT2D eigenvalue weighted by molar-refractivity contribution is -0.161. The Balaban J connectivity index is 5.22. The second kappa shape index (κ2) is 86.9. The highest BCUT2D eigenvalue weighted by Crippen LogP contribution is 2.45. The van der Waals surface area contributed by atoms with Crippen LogP contribution in [0.5, 0.6) is 0 Å². The number of rotatable bonds is 94. The van der Waals surface area contributed by atoms with Gasteiger partial charge in [0.2, 0.25) is 0 Å². The van der Waals surface area contributed by atoms with E-state index in [4.69, 9.17) is 37.0 Å². The van der Waals surface area contributed by atoms with E-state index in [1.165, 1.54) is 347 Å². The van der Waals surface area contributed by atoms with Gasteiger partial charge in [0, 0.05) is 25.7 Å². The summed E-state index contributed by atoms with van der Waals surface area (Å²) in [4.78, 5) is 73.5. The maximum Gasteiger partial charge on any atom is 0.472 e. The van der Waals surface area contributed by atoms with Crippen molar-refractivity contribution in [2.75, 3.05) is 39.6 Å². The largest absolute Gasteiger partial charge is 0.472 e. The molecule has 0 saturated carbocycles. The Morgan fingerprint density at radius 3 is 0.527 bits per heavy atom. The lowest BCUT2D eigenvalue weighted by atomic mass is 10.0. The molecule has 5 atom stereocenters. The van der Waals surface area contributed by atoms with Gasteiger partial charge in [-0.25, -0.2) is 9.13 Å². The molecule has 0 amide bonds. The number of hydrogen-bond donors (Lipinski definition) is 3. The monoisotopic (exact) mass is 1630 g/mol. The molecule has 666 valence electrons. The van der Waals surface area contributed by atoms with Crippen molar-refractivity contribution in [1.29, 1.82) is 0 Å². The van der Waals surface area contributed by atoms with Gasteiger partial charge in [-0.2, -0.15) is 0 Å². The SMILES string of the molecule is CCCCCCCCCCCCCCCCCCCCCCCC(=O)O[C@H](COC(=O)CCCCCCCCCCCCCCCCCCCCCC)COP(=O)(O)OC[C@@H](O)COP(=O)(O)OC[C@@H](COC(=O)CCCCCCCCCCCCC)OC(=O)CCCCCCCCCCCCCCCCCCCCCC. The van der Waals surface area contributed by atoms with E-state index in [0.717, 1.165) is 89.9 Å². The summed E-state index contributed by atoms with van der Waals surface area (Å²) in [5, 5.41) is 10.7. The Morgan fingerprint density at radius 1 is 0.214 bits per heavy atom. The van der Waals surface area contributed by atoms with Crippen molar-refractivity contribution in [3.05, 3.63) is 0 Å². The maximum absolute atomic E-state index is 13.2. The van der Waals surface area contributed by atoms with Crippen molar-refractivity contribution in [2.24, 2.45) is 0 Å². The summed E-state index contributed by atoms with van der Waals surface area (Å²) in [6, 6.07) is 0. The van der Waals surface area contributed by atoms with E-state index in [9.17, 15) is 43.2 Å². The number of unbranched alkanes of at least 4 members (excludes halogenated alkanes) is 68. The molecule has 0 aromatic rings. The number of aliphatic hydroxyl groups excluding tert-OH is 1. The van der Waals surface area contributed by atoms with Crippen molar-refractivity contribution in [2.45, 2.75) is 534 Å². The normalized spacial score (nSPS) is 13.6. The fourth-order valence-corrected chi connectivity index (χ4v) is 16.3. The number of hydrogen-bond acceptors (Lipinski definition) is 15. The first-order valence-electron chi connectivity index (χ1n) is 48.3. The molecule has 17 nitrogen and oxygen atoms in total. The van der Waals surface area contributed by atoms with Crippen LogP contribution in [0.4, 0.5) is 0 Å². The molecule has 0 aliphatic rings. The van der Waals surface area contributed by atoms with Crippen molar-refractivity contribution in [3.8, 4) is 0 Å². The first-order chi connectivity index (χ1) is 54.7. The van der Waals surface area contributed by atoms with Crippen molar-refractivity contribution < 1.29 is 80.2 Å². The fraction of sp³-hybridized carbons (Fsp3) is 0.957. The van der Waals surface area contributed by atoms with Gasteiger partial charge in [0.1, 0.15) is 19.3 Å². The highest BCUT2D eigenvalue weighted by Gasteiger charge is 2.31. The Morgan fingerprint density at radius 2 is 0.357 bits per heavy atom. The molecular weight excluding hydrogens is 1450 g/mol. The van der Waals surface area contributed by atoms with Gasteiger partial charge >= 0.3 is 39.5 Å². The molecule has 0 aliphatic carbocycles. The van der Waals surface area contributed by atoms with Crippen LogP contribution < -0.4 is 0 Å². The molecule has 0 rings (SSSR count). The average Bonchev–Trinajstić information content (AvgIpc) is 0.887. The Hall–Kier alpha value is -1.94. The second-order valence-corrected chi connectivity index (χ2v) is 36.3. The number of carbonyl (C=O) groups excluding carboxylic acids is 4. The number of aliphatic hydroxyl groups is 1. The predicted molar refractivity (Wildman–Crippen MR) is 465 cm³/mol. The van der Waals surface area contributed by atoms with Gasteiger partial charge < -0.3 is 33.8 Å². The Labute approximate surface area is 689 Å². The third-order valence-electron chi connectivity index (χ3n) is 22.1. The molecule has 0 fully saturated rings. The van der Waals surface area contributed by atoms with Gasteiger partial charge in [0.25, 0.3) is 0 Å². The Kier molecular flexibility index (Phi) is 85.4. The fourth-order valence-electron chi connectivity index (χ4n) is 14.8. The highest BCUT2D eigenvalue weighted by molar-refractivity contribution is 7.47. The zero-order valence-electron chi connectivity index (χ0n) is 73.7. The Bertz CT molecular complexity index is 2100. The van der Waals surface area contributed by atoms with Gasteiger partial charge in [-0.1, -0.05) is 464 Å². The number of phosphoric acid groups is 2. The molecule has 0 aliphatic heterocycles. The molecule has 0 aromatic carbocycles. The van der Waals surface area contributed by atoms with Crippen LogP contribution in [0.3, 0.4) is 0 Å². The molecule has 0 aromatic heterocycles. The third-order valence-corrected chi connectivity index (χ3v) is 24.0. The predicted octanol–water partition coefficient (Wildman–Crippen LogP) is 29.3. The van der Waals surface area contributed by atoms with Gasteiger partial charge in [0.15, 0.2) is 12.2 Å². The minimum atomic E-state index is -4.97. The molecule has 3 N–H and O–H groups in total. The minimum absolute atomic E-state index is 0.110. The third kappa shape index (κ3) is 85.9. The summed E-state index contributed by atoms with van der Waals surface area (Å²) >= 11 is 0. The van der Waals surface area contributed by atoms with Crippen LogP contribution in [-0.2, 0) is 65.4 Å². The number of ether oxygens (including phenoxy) is 4. The van der Waals surface area contributed by atoms with Crippen LogP contribution in [0.1, 0.15) is 516 Å². The molecule has 0 heterocycles. The van der Waals surface area contributed by atoms with Gasteiger partial charge in [-0.3, -0.25) is 37.3 Å². The summed E-state index contributed by atoms with van der Waals surface area (Å²) in [5.41, 5.74) is 0. The van der Waals surface area contributed by atoms with E-state index in [2.05, 4.69) is 27.7 Å². The number of carbonyl (C=O) groups is 4. The van der Waals surface area contributed by atoms with E-state index < -0.39 is 97.5 Å². The molecule has 0 radical (unpaired) electrons. The molecular formula is C93H182O17P2. The zero-order valence-corrected chi connectivity index (χ0v) is 75.5. The molecule has 0 saturated heterocycles. The van der Waals surface area contributed by atoms with Crippen LogP contribution in [0.2, 0.25) is 0 Å². The topological polar surface area (TPSA) is 237 Å². The van der Waals surface area contributed by atoms with E-state index >= 15 is 0 Å². The summed E-state index contributed by atoms with van der Waals surface area (Å²) in [7, 11) is -9.94. The van der Waals surface area contributed by atoms with Gasteiger partial charge in [-0.05, 0) is 25.7 Å². The summed E-state index contributed by atoms with van der Waals surface area (Å²) in [5.74, 6) is -2.09. The van der Waals surface area contributed by atoms with Crippen LogP contribution in [0, 0.1) is 0 Å². The van der Waals surface area contributed by atoms with Crippen molar-refractivity contribution in [1.82, 2.24) is 0 Å². The van der Waals surface area contributed by atoms with E-state index in [1.54, 1.807) is 0 Å². The van der Waals surface area contributed by atoms with Crippen molar-refractivity contribution in [3.63, 3.8) is 0 Å². The van der Waals surface area contributed by atoms with Crippen LogP contribution in [0.25, 0.3) is 0 Å². The molecule has 112 heavy (non-hydrogen) atoms. The van der Waals surface area contributed by atoms with Crippen LogP contribution in [-0.4, -0.2) is 96.7 Å². The summed E-state index contributed by atoms with van der Waals surface area (Å²) < 4.78 is 69.1. The second-order valence-electron chi connectivity index (χ2n) is 33.4. The first-order valence-corrected chi connectivity index (χ1v) is 51.3. The standard InChI is InChI=1S/C93H182O17P2/c1-5-9-13-17-21-25-29-32-35-38-41-44-47-50-53-56-60-64-68-72-76-80-93(98)110-89(84-104-91(96)78-74-70-66-62-58-54-51-48-45-42-39-36-33-30-26-22-18-14-10-6-2)86-108-112(101,102)106-82-87(94)81-105-111(99,100)107-85-88(83-103-90(95)77-73-69-65-61-57-28-24-20-16-12-8-4)109-92(97)79-75-71-67-63-59-55-52-49-46-43-40-37-34-31-27-23-19-15-11-7-3/h87-89,94H,5-86H2,1-4H3,(H,99,100)(H,101,102)/t87-,88+,89+/m0/s1. The molecule has 0 spiro atoms. The quantitative estimate of drug-likeness (QED) is 0.0222. The summed E-state index contributed by atoms with van der Waals surface area (Å²) in [6.45, 7) is 5.09. The summed E-state index contributed by atoms with van der Waals surface area (Å²) in [6.07, 6.45) is 84.9. The van der Waals surface area contributed by atoms with Gasteiger partial charge in [-0.15, -0.1) is 0 Å². The average molecular weight is 1630 g/mol. The lowest BCUT2D eigenvalue weighted by Crippen LogP contribution is -2.30. The number of esters is 4. The lowest BCUT2D eigenvalue weighted by Gasteiger charge is -2.21. The van der Waals surface area contributed by atoms with Crippen LogP contribution in [0.15, 0.2) is 0 Å². The molecule has 19 heteroatoms. The molecule has 2 unspecified atom stereocenters.